The van der Waals surface area contributed by atoms with Crippen LogP contribution in [0.25, 0.3) is 22.3 Å². The Balaban J connectivity index is 0.000000590. The van der Waals surface area contributed by atoms with Crippen molar-refractivity contribution in [2.75, 3.05) is 25.5 Å². The van der Waals surface area contributed by atoms with Crippen molar-refractivity contribution in [2.45, 2.75) is 20.3 Å². The second-order valence-electron chi connectivity index (χ2n) is 6.49. The van der Waals surface area contributed by atoms with Gasteiger partial charge in [0.05, 0.1) is 16.8 Å². The van der Waals surface area contributed by atoms with Crippen LogP contribution in [0.2, 0.25) is 0 Å². The van der Waals surface area contributed by atoms with Crippen LogP contribution in [0.4, 0.5) is 5.82 Å². The van der Waals surface area contributed by atoms with Crippen LogP contribution in [0.5, 0.6) is 0 Å². The average Bonchev–Trinajstić information content (AvgIpc) is 3.19. The number of aromatic nitrogens is 3. The van der Waals surface area contributed by atoms with Crippen molar-refractivity contribution >= 4 is 22.8 Å². The van der Waals surface area contributed by atoms with Crippen molar-refractivity contribution in [1.29, 1.82) is 0 Å². The van der Waals surface area contributed by atoms with Crippen LogP contribution in [-0.4, -0.2) is 46.2 Å². The SMILES string of the molecule is C=CC.C=CCNc1nc2c(-c3cc4c([nH]3)CCNC4=O)cccc2nc1C.CO. The van der Waals surface area contributed by atoms with Crippen LogP contribution in [0.3, 0.4) is 0 Å². The Morgan fingerprint density at radius 1 is 1.23 bits per heavy atom. The zero-order valence-corrected chi connectivity index (χ0v) is 17.7. The van der Waals surface area contributed by atoms with Gasteiger partial charge >= 0.3 is 0 Å². The second-order valence-corrected chi connectivity index (χ2v) is 6.49. The van der Waals surface area contributed by atoms with Crippen LogP contribution >= 0.6 is 0 Å². The molecule has 1 aromatic carbocycles. The minimum Gasteiger partial charge on any atom is -0.400 e. The van der Waals surface area contributed by atoms with Gasteiger partial charge in [-0.05, 0) is 26.0 Å². The Bertz CT molecular complexity index is 1040. The number of fused-ring (bicyclic) bond motifs is 2. The Hall–Kier alpha value is -3.45. The maximum absolute atomic E-state index is 12.0. The van der Waals surface area contributed by atoms with Gasteiger partial charge in [0.15, 0.2) is 0 Å². The standard InChI is InChI=1S/C19H19N5O.C3H6.CH4O/c1-3-8-20-18-11(2)22-15-6-4-5-12(17(15)24-18)16-10-13-14(23-16)7-9-21-19(13)25;1-3-2;1-2/h3-6,10,23H,1,7-9H2,2H3,(H,20,24)(H,21,25);3H,1H2,2H3;2H,1H3. The molecule has 0 atom stereocenters. The van der Waals surface area contributed by atoms with Gasteiger partial charge in [-0.15, -0.1) is 13.2 Å². The largest absolute Gasteiger partial charge is 0.400 e. The van der Waals surface area contributed by atoms with E-state index in [2.05, 4.69) is 33.8 Å². The number of benzene rings is 1. The smallest absolute Gasteiger partial charge is 0.253 e. The number of aryl methyl sites for hydroxylation is 1. The molecule has 1 amide bonds. The molecule has 0 fully saturated rings. The predicted molar refractivity (Wildman–Crippen MR) is 123 cm³/mol. The summed E-state index contributed by atoms with van der Waals surface area (Å²) in [7, 11) is 1.00. The topological polar surface area (TPSA) is 103 Å². The van der Waals surface area contributed by atoms with E-state index in [-0.39, 0.29) is 5.91 Å². The van der Waals surface area contributed by atoms with E-state index in [4.69, 9.17) is 10.1 Å². The molecule has 0 bridgehead atoms. The zero-order valence-electron chi connectivity index (χ0n) is 17.7. The summed E-state index contributed by atoms with van der Waals surface area (Å²) in [5, 5.41) is 13.1. The predicted octanol–water partition coefficient (Wildman–Crippen LogP) is 3.62. The van der Waals surface area contributed by atoms with E-state index in [0.717, 1.165) is 53.0 Å². The summed E-state index contributed by atoms with van der Waals surface area (Å²) in [6, 6.07) is 7.81. The first kappa shape index (κ1) is 22.8. The number of aromatic amines is 1. The molecule has 2 aromatic heterocycles. The van der Waals surface area contributed by atoms with Gasteiger partial charge in [0.2, 0.25) is 0 Å². The second kappa shape index (κ2) is 10.9. The summed E-state index contributed by atoms with van der Waals surface area (Å²) in [6.07, 6.45) is 4.34. The number of aliphatic hydroxyl groups excluding tert-OH is 1. The fourth-order valence-corrected chi connectivity index (χ4v) is 3.16. The molecule has 0 aliphatic carbocycles. The third-order valence-electron chi connectivity index (χ3n) is 4.38. The lowest BCUT2D eigenvalue weighted by molar-refractivity contribution is 0.0946. The van der Waals surface area contributed by atoms with Crippen molar-refractivity contribution in [3.05, 3.63) is 66.5 Å². The summed E-state index contributed by atoms with van der Waals surface area (Å²) < 4.78 is 0. The van der Waals surface area contributed by atoms with E-state index in [1.165, 1.54) is 0 Å². The quantitative estimate of drug-likeness (QED) is 0.495. The minimum absolute atomic E-state index is 0.0285. The molecule has 3 aromatic rings. The van der Waals surface area contributed by atoms with Crippen molar-refractivity contribution in [3.63, 3.8) is 0 Å². The number of rotatable bonds is 4. The Morgan fingerprint density at radius 2 is 1.97 bits per heavy atom. The first-order chi connectivity index (χ1) is 14.6. The maximum Gasteiger partial charge on any atom is 0.253 e. The summed E-state index contributed by atoms with van der Waals surface area (Å²) in [5.74, 6) is 0.716. The molecule has 4 N–H and O–H groups in total. The number of amides is 1. The normalized spacial score (nSPS) is 11.8. The lowest BCUT2D eigenvalue weighted by atomic mass is 10.1. The molecule has 0 saturated heterocycles. The lowest BCUT2D eigenvalue weighted by Gasteiger charge is -2.11. The van der Waals surface area contributed by atoms with Crippen molar-refractivity contribution in [1.82, 2.24) is 20.3 Å². The maximum atomic E-state index is 12.0. The van der Waals surface area contributed by atoms with E-state index < -0.39 is 0 Å². The highest BCUT2D eigenvalue weighted by atomic mass is 16.2. The van der Waals surface area contributed by atoms with E-state index in [1.807, 2.05) is 38.1 Å². The fraction of sp³-hybridized carbons (Fsp3) is 0.261. The van der Waals surface area contributed by atoms with Gasteiger partial charge < -0.3 is 20.7 Å². The Morgan fingerprint density at radius 3 is 2.63 bits per heavy atom. The molecule has 7 nitrogen and oxygen atoms in total. The molecule has 0 spiro atoms. The van der Waals surface area contributed by atoms with Gasteiger partial charge in [0, 0.05) is 43.6 Å². The van der Waals surface area contributed by atoms with Gasteiger partial charge in [0.25, 0.3) is 5.91 Å². The zero-order chi connectivity index (χ0) is 22.1. The van der Waals surface area contributed by atoms with E-state index >= 15 is 0 Å². The fourth-order valence-electron chi connectivity index (χ4n) is 3.16. The molecule has 158 valence electrons. The molecule has 4 rings (SSSR count). The number of aliphatic hydroxyl groups is 1. The molecule has 0 radical (unpaired) electrons. The minimum atomic E-state index is -0.0285. The number of anilines is 1. The molecule has 0 unspecified atom stereocenters. The average molecular weight is 408 g/mol. The highest BCUT2D eigenvalue weighted by Crippen LogP contribution is 2.30. The van der Waals surface area contributed by atoms with Gasteiger partial charge in [-0.25, -0.2) is 9.97 Å². The highest BCUT2D eigenvalue weighted by molar-refractivity contribution is 5.99. The number of para-hydroxylation sites is 1. The van der Waals surface area contributed by atoms with Gasteiger partial charge in [-0.2, -0.15) is 0 Å². The number of hydrogen-bond acceptors (Lipinski definition) is 5. The van der Waals surface area contributed by atoms with Crippen LogP contribution in [0.15, 0.2) is 49.6 Å². The number of allylic oxidation sites excluding steroid dienone is 1. The van der Waals surface area contributed by atoms with Crippen LogP contribution in [0, 0.1) is 6.92 Å². The molecule has 7 heteroatoms. The number of carbonyl (C=O) groups excluding carboxylic acids is 1. The highest BCUT2D eigenvalue weighted by Gasteiger charge is 2.21. The van der Waals surface area contributed by atoms with Gasteiger partial charge in [0.1, 0.15) is 11.3 Å². The van der Waals surface area contributed by atoms with E-state index in [0.29, 0.717) is 18.7 Å². The molecule has 0 saturated carbocycles. The first-order valence-electron chi connectivity index (χ1n) is 9.73. The van der Waals surface area contributed by atoms with E-state index in [9.17, 15) is 4.79 Å². The Kier molecular flexibility index (Phi) is 8.31. The molecular formula is C23H29N5O2. The lowest BCUT2D eigenvalue weighted by Crippen LogP contribution is -2.31. The molecule has 30 heavy (non-hydrogen) atoms. The number of carbonyl (C=O) groups is 1. The Labute approximate surface area is 177 Å². The number of hydrogen-bond donors (Lipinski definition) is 4. The van der Waals surface area contributed by atoms with Crippen molar-refractivity contribution < 1.29 is 9.90 Å². The van der Waals surface area contributed by atoms with Crippen molar-refractivity contribution in [3.8, 4) is 11.3 Å². The molecular weight excluding hydrogens is 378 g/mol. The third-order valence-corrected chi connectivity index (χ3v) is 4.38. The van der Waals surface area contributed by atoms with Crippen LogP contribution in [0.1, 0.15) is 28.7 Å². The molecule has 3 heterocycles. The van der Waals surface area contributed by atoms with E-state index in [1.54, 1.807) is 12.2 Å². The van der Waals surface area contributed by atoms with Gasteiger partial charge in [-0.3, -0.25) is 4.79 Å². The van der Waals surface area contributed by atoms with Crippen LogP contribution in [-0.2, 0) is 6.42 Å². The van der Waals surface area contributed by atoms with Crippen molar-refractivity contribution in [2.24, 2.45) is 0 Å². The van der Waals surface area contributed by atoms with Gasteiger partial charge in [-0.1, -0.05) is 24.3 Å². The van der Waals surface area contributed by atoms with Crippen LogP contribution < -0.4 is 10.6 Å². The third kappa shape index (κ3) is 4.93. The number of nitrogens with one attached hydrogen (secondary N) is 3. The summed E-state index contributed by atoms with van der Waals surface area (Å²) in [6.45, 7) is 12.2. The first-order valence-corrected chi connectivity index (χ1v) is 9.73. The monoisotopic (exact) mass is 407 g/mol. The summed E-state index contributed by atoms with van der Waals surface area (Å²) >= 11 is 0. The number of nitrogens with zero attached hydrogens (tertiary/aromatic N) is 2. The summed E-state index contributed by atoms with van der Waals surface area (Å²) in [5.41, 5.74) is 5.99. The number of H-pyrrole nitrogens is 1. The summed E-state index contributed by atoms with van der Waals surface area (Å²) in [4.78, 5) is 24.8. The molecule has 1 aliphatic rings. The molecule has 1 aliphatic heterocycles.